The minimum Gasteiger partial charge on any atom is -0.347 e. The zero-order chi connectivity index (χ0) is 18.1. The van der Waals surface area contributed by atoms with Crippen LogP contribution in [0.1, 0.15) is 25.0 Å². The molecule has 0 spiro atoms. The van der Waals surface area contributed by atoms with E-state index < -0.39 is 10.2 Å². The number of rotatable bonds is 7. The zero-order valence-corrected chi connectivity index (χ0v) is 17.3. The summed E-state index contributed by atoms with van der Waals surface area (Å²) in [5, 5.41) is 1.22. The van der Waals surface area contributed by atoms with Crippen molar-refractivity contribution in [3.05, 3.63) is 33.9 Å². The molecule has 5 nitrogen and oxygen atoms in total. The SMILES string of the molecule is Cc1cc(Br)cc2c1c(CCNS(=O)(=O)N(C)C)cn2CC(C)C. The van der Waals surface area contributed by atoms with Crippen LogP contribution >= 0.6 is 15.9 Å². The highest BCUT2D eigenvalue weighted by molar-refractivity contribution is 9.10. The van der Waals surface area contributed by atoms with Crippen LogP contribution < -0.4 is 4.72 Å². The van der Waals surface area contributed by atoms with Crippen molar-refractivity contribution < 1.29 is 8.42 Å². The summed E-state index contributed by atoms with van der Waals surface area (Å²) >= 11 is 3.58. The van der Waals surface area contributed by atoms with Gasteiger partial charge in [0.15, 0.2) is 0 Å². The molecule has 0 aliphatic carbocycles. The Morgan fingerprint density at radius 3 is 2.54 bits per heavy atom. The largest absolute Gasteiger partial charge is 0.347 e. The Kier molecular flexibility index (Phi) is 6.12. The van der Waals surface area contributed by atoms with E-state index in [0.29, 0.717) is 18.9 Å². The summed E-state index contributed by atoms with van der Waals surface area (Å²) in [7, 11) is -0.329. The summed E-state index contributed by atoms with van der Waals surface area (Å²) in [6.45, 7) is 7.82. The molecule has 2 aromatic rings. The number of hydrogen-bond acceptors (Lipinski definition) is 2. The fourth-order valence-corrected chi connectivity index (χ4v) is 4.05. The van der Waals surface area contributed by atoms with E-state index in [0.717, 1.165) is 11.0 Å². The molecule has 7 heteroatoms. The average molecular weight is 416 g/mol. The van der Waals surface area contributed by atoms with Crippen molar-refractivity contribution in [1.29, 1.82) is 0 Å². The van der Waals surface area contributed by atoms with Crippen molar-refractivity contribution in [3.63, 3.8) is 0 Å². The molecule has 0 fully saturated rings. The topological polar surface area (TPSA) is 54.3 Å². The summed E-state index contributed by atoms with van der Waals surface area (Å²) < 4.78 is 30.9. The Bertz CT molecular complexity index is 826. The van der Waals surface area contributed by atoms with Gasteiger partial charge in [-0.05, 0) is 42.5 Å². The van der Waals surface area contributed by atoms with Crippen LogP contribution in [0.5, 0.6) is 0 Å². The van der Waals surface area contributed by atoms with E-state index in [1.807, 2.05) is 0 Å². The van der Waals surface area contributed by atoms with E-state index in [2.05, 4.69) is 64.3 Å². The molecule has 2 rings (SSSR count). The summed E-state index contributed by atoms with van der Waals surface area (Å²) in [6.07, 6.45) is 2.82. The molecule has 0 bridgehead atoms. The highest BCUT2D eigenvalue weighted by atomic mass is 79.9. The van der Waals surface area contributed by atoms with Gasteiger partial charge in [-0.2, -0.15) is 12.7 Å². The third-order valence-electron chi connectivity index (χ3n) is 3.94. The predicted molar refractivity (Wildman–Crippen MR) is 104 cm³/mol. The standard InChI is InChI=1S/C17H26BrN3O2S/c1-12(2)10-21-11-14(6-7-19-24(22,23)20(4)5)17-13(3)8-15(18)9-16(17)21/h8-9,11-12,19H,6-7,10H2,1-5H3. The second-order valence-corrected chi connectivity index (χ2v) is 9.63. The van der Waals surface area contributed by atoms with Crippen molar-refractivity contribution >= 4 is 37.0 Å². The van der Waals surface area contributed by atoms with Gasteiger partial charge in [0, 0.05) is 48.8 Å². The van der Waals surface area contributed by atoms with Gasteiger partial charge in [0.25, 0.3) is 10.2 Å². The Labute approximate surface area is 153 Å². The smallest absolute Gasteiger partial charge is 0.278 e. The molecule has 0 aliphatic rings. The molecule has 134 valence electrons. The molecule has 1 N–H and O–H groups in total. The van der Waals surface area contributed by atoms with Gasteiger partial charge in [-0.25, -0.2) is 4.72 Å². The van der Waals surface area contributed by atoms with Crippen LogP contribution in [-0.2, 0) is 23.2 Å². The third-order valence-corrected chi connectivity index (χ3v) is 5.93. The predicted octanol–water partition coefficient (Wildman–Crippen LogP) is 3.31. The Morgan fingerprint density at radius 2 is 1.96 bits per heavy atom. The molecular formula is C17H26BrN3O2S. The van der Waals surface area contributed by atoms with E-state index in [1.165, 1.54) is 40.4 Å². The van der Waals surface area contributed by atoms with Crippen LogP contribution in [0, 0.1) is 12.8 Å². The van der Waals surface area contributed by atoms with Gasteiger partial charge in [-0.1, -0.05) is 29.8 Å². The van der Waals surface area contributed by atoms with E-state index >= 15 is 0 Å². The first-order valence-electron chi connectivity index (χ1n) is 8.06. The Balaban J connectivity index is 2.33. The van der Waals surface area contributed by atoms with Crippen molar-refractivity contribution in [1.82, 2.24) is 13.6 Å². The minimum atomic E-state index is -3.38. The number of halogens is 1. The third kappa shape index (κ3) is 4.39. The summed E-state index contributed by atoms with van der Waals surface area (Å²) in [5.41, 5.74) is 3.57. The highest BCUT2D eigenvalue weighted by Gasteiger charge is 2.15. The van der Waals surface area contributed by atoms with Crippen LogP contribution in [0.2, 0.25) is 0 Å². The van der Waals surface area contributed by atoms with E-state index in [9.17, 15) is 8.42 Å². The zero-order valence-electron chi connectivity index (χ0n) is 14.9. The van der Waals surface area contributed by atoms with E-state index in [-0.39, 0.29) is 0 Å². The second kappa shape index (κ2) is 7.56. The van der Waals surface area contributed by atoms with E-state index in [4.69, 9.17) is 0 Å². The van der Waals surface area contributed by atoms with Crippen LogP contribution in [0.3, 0.4) is 0 Å². The molecular weight excluding hydrogens is 390 g/mol. The van der Waals surface area contributed by atoms with E-state index in [1.54, 1.807) is 0 Å². The van der Waals surface area contributed by atoms with Crippen LogP contribution in [-0.4, -0.2) is 37.9 Å². The maximum absolute atomic E-state index is 11.8. The van der Waals surface area contributed by atoms with Gasteiger partial charge in [-0.3, -0.25) is 0 Å². The lowest BCUT2D eigenvalue weighted by molar-refractivity contribution is 0.506. The maximum Gasteiger partial charge on any atom is 0.278 e. The van der Waals surface area contributed by atoms with Crippen molar-refractivity contribution in [2.45, 2.75) is 33.7 Å². The van der Waals surface area contributed by atoms with Crippen LogP contribution in [0.25, 0.3) is 10.9 Å². The van der Waals surface area contributed by atoms with Gasteiger partial charge in [0.05, 0.1) is 0 Å². The lowest BCUT2D eigenvalue weighted by Crippen LogP contribution is -2.36. The van der Waals surface area contributed by atoms with Crippen LogP contribution in [0.4, 0.5) is 0 Å². The molecule has 1 aromatic heterocycles. The monoisotopic (exact) mass is 415 g/mol. The number of hydrogen-bond donors (Lipinski definition) is 1. The first-order chi connectivity index (χ1) is 11.1. The molecule has 1 aromatic carbocycles. The van der Waals surface area contributed by atoms with Gasteiger partial charge in [0.1, 0.15) is 0 Å². The van der Waals surface area contributed by atoms with Crippen LogP contribution in [0.15, 0.2) is 22.8 Å². The Hall–Kier alpha value is -0.890. The van der Waals surface area contributed by atoms with Crippen molar-refractivity contribution in [2.75, 3.05) is 20.6 Å². The Morgan fingerprint density at radius 1 is 1.29 bits per heavy atom. The fraction of sp³-hybridized carbons (Fsp3) is 0.529. The summed E-state index contributed by atoms with van der Waals surface area (Å²) in [4.78, 5) is 0. The van der Waals surface area contributed by atoms with Gasteiger partial charge < -0.3 is 4.57 Å². The highest BCUT2D eigenvalue weighted by Crippen LogP contribution is 2.29. The van der Waals surface area contributed by atoms with Crippen molar-refractivity contribution in [2.24, 2.45) is 5.92 Å². The molecule has 0 saturated heterocycles. The molecule has 0 unspecified atom stereocenters. The summed E-state index contributed by atoms with van der Waals surface area (Å²) in [6, 6.07) is 4.24. The molecule has 0 radical (unpaired) electrons. The molecule has 0 atom stereocenters. The number of nitrogens with zero attached hydrogens (tertiary/aromatic N) is 2. The van der Waals surface area contributed by atoms with Gasteiger partial charge in [0.2, 0.25) is 0 Å². The van der Waals surface area contributed by atoms with Gasteiger partial charge >= 0.3 is 0 Å². The average Bonchev–Trinajstić information content (AvgIpc) is 2.75. The molecule has 0 aliphatic heterocycles. The molecule has 0 amide bonds. The normalized spacial score (nSPS) is 12.7. The number of fused-ring (bicyclic) bond motifs is 1. The first kappa shape index (κ1) is 19.4. The second-order valence-electron chi connectivity index (χ2n) is 6.75. The minimum absolute atomic E-state index is 0.386. The van der Waals surface area contributed by atoms with Crippen molar-refractivity contribution in [3.8, 4) is 0 Å². The lowest BCUT2D eigenvalue weighted by Gasteiger charge is -2.12. The fourth-order valence-electron chi connectivity index (χ4n) is 2.87. The maximum atomic E-state index is 11.8. The summed E-state index contributed by atoms with van der Waals surface area (Å²) in [5.74, 6) is 0.542. The molecule has 0 saturated carbocycles. The number of aryl methyl sites for hydroxylation is 1. The number of nitrogens with one attached hydrogen (secondary N) is 1. The number of aromatic nitrogens is 1. The quantitative estimate of drug-likeness (QED) is 0.753. The number of benzene rings is 1. The first-order valence-corrected chi connectivity index (χ1v) is 10.3. The molecule has 24 heavy (non-hydrogen) atoms. The lowest BCUT2D eigenvalue weighted by atomic mass is 10.1. The molecule has 1 heterocycles. The van der Waals surface area contributed by atoms with Gasteiger partial charge in [-0.15, -0.1) is 0 Å².